The molecule has 4 rings (SSSR count). The Labute approximate surface area is 228 Å². The van der Waals surface area contributed by atoms with E-state index in [2.05, 4.69) is 37.5 Å². The number of ether oxygens (including phenoxy) is 2. The summed E-state index contributed by atoms with van der Waals surface area (Å²) in [7, 11) is 0. The molecule has 2 aliphatic heterocycles. The molecule has 0 radical (unpaired) electrons. The van der Waals surface area contributed by atoms with E-state index in [0.29, 0.717) is 13.2 Å². The molecule has 10 heteroatoms. The van der Waals surface area contributed by atoms with Crippen LogP contribution < -0.4 is 0 Å². The summed E-state index contributed by atoms with van der Waals surface area (Å²) >= 11 is 0. The summed E-state index contributed by atoms with van der Waals surface area (Å²) in [4.78, 5) is 4.31. The first kappa shape index (κ1) is 32.1. The molecule has 224 valence electrons. The third-order valence-corrected chi connectivity index (χ3v) is 8.65. The first-order valence-electron chi connectivity index (χ1n) is 15.1. The van der Waals surface area contributed by atoms with Gasteiger partial charge in [0.25, 0.3) is 0 Å². The number of unbranched alkanes of at least 4 members (excludes halogenated alkanes) is 4. The van der Waals surface area contributed by atoms with Crippen LogP contribution in [0.4, 0.5) is 0 Å². The first-order valence-corrected chi connectivity index (χ1v) is 15.1. The molecule has 4 aliphatic rings. The highest BCUT2D eigenvalue weighted by molar-refractivity contribution is 5.19. The Morgan fingerprint density at radius 1 is 0.447 bits per heavy atom. The number of likely N-dealkylation sites (tertiary alicyclic amines) is 2. The molecule has 2 heterocycles. The third kappa shape index (κ3) is 7.08. The lowest BCUT2D eigenvalue weighted by atomic mass is 9.89. The molecule has 0 spiro atoms. The minimum atomic E-state index is -1.10. The van der Waals surface area contributed by atoms with Crippen molar-refractivity contribution in [3.63, 3.8) is 0 Å². The Hall–Kier alpha value is -0.400. The lowest BCUT2D eigenvalue weighted by Crippen LogP contribution is -2.54. The fourth-order valence-corrected chi connectivity index (χ4v) is 6.20. The summed E-state index contributed by atoms with van der Waals surface area (Å²) in [5.41, 5.74) is 0. The second-order valence-corrected chi connectivity index (χ2v) is 11.5. The van der Waals surface area contributed by atoms with Crippen molar-refractivity contribution in [2.75, 3.05) is 26.3 Å². The second kappa shape index (κ2) is 15.0. The Balaban J connectivity index is 0.000000211. The van der Waals surface area contributed by atoms with Crippen molar-refractivity contribution in [3.8, 4) is 0 Å². The molecule has 2 saturated carbocycles. The largest absolute Gasteiger partial charge is 0.389 e. The Bertz CT molecular complexity index is 633. The van der Waals surface area contributed by atoms with E-state index < -0.39 is 36.6 Å². The molecular formula is C28H54N2O8. The summed E-state index contributed by atoms with van der Waals surface area (Å²) in [5, 5.41) is 60.0. The number of hydrogen-bond acceptors (Lipinski definition) is 10. The summed E-state index contributed by atoms with van der Waals surface area (Å²) in [5.74, 6) is 0. The maximum Gasteiger partial charge on any atom is 0.110 e. The number of aliphatic hydroxyl groups is 6. The van der Waals surface area contributed by atoms with Crippen molar-refractivity contribution in [2.24, 2.45) is 0 Å². The predicted octanol–water partition coefficient (Wildman–Crippen LogP) is 0.242. The number of rotatable bonds is 14. The first-order chi connectivity index (χ1) is 18.3. The van der Waals surface area contributed by atoms with Crippen molar-refractivity contribution >= 4 is 0 Å². The average Bonchev–Trinajstić information content (AvgIpc) is 3.82. The molecule has 38 heavy (non-hydrogen) atoms. The topological polar surface area (TPSA) is 146 Å². The van der Waals surface area contributed by atoms with Gasteiger partial charge < -0.3 is 40.1 Å². The smallest absolute Gasteiger partial charge is 0.110 e. The summed E-state index contributed by atoms with van der Waals surface area (Å²) < 4.78 is 11.5. The van der Waals surface area contributed by atoms with Gasteiger partial charge in [-0.3, -0.25) is 9.80 Å². The minimum Gasteiger partial charge on any atom is -0.389 e. The highest BCUT2D eigenvalue weighted by atomic mass is 16.5. The molecule has 6 unspecified atom stereocenters. The normalized spacial score (nSPS) is 45.0. The molecule has 6 N–H and O–H groups in total. The summed E-state index contributed by atoms with van der Waals surface area (Å²) in [6, 6.07) is 0.0433. The predicted molar refractivity (Wildman–Crippen MR) is 144 cm³/mol. The van der Waals surface area contributed by atoms with Gasteiger partial charge >= 0.3 is 0 Å². The molecule has 0 aromatic rings. The average molecular weight is 547 g/mol. The fourth-order valence-electron chi connectivity index (χ4n) is 6.20. The Morgan fingerprint density at radius 2 is 0.789 bits per heavy atom. The fraction of sp³-hybridized carbons (Fsp3) is 1.00. The minimum absolute atomic E-state index is 0.0448. The highest BCUT2D eigenvalue weighted by Crippen LogP contribution is 2.43. The zero-order valence-electron chi connectivity index (χ0n) is 23.8. The van der Waals surface area contributed by atoms with Crippen LogP contribution in [0.15, 0.2) is 0 Å². The summed E-state index contributed by atoms with van der Waals surface area (Å²) in [6.45, 7) is 11.4. The zero-order valence-corrected chi connectivity index (χ0v) is 23.8. The molecule has 14 atom stereocenters. The summed E-state index contributed by atoms with van der Waals surface area (Å²) in [6.07, 6.45) is 1.69. The maximum atomic E-state index is 10.1. The molecule has 4 fully saturated rings. The van der Waals surface area contributed by atoms with Crippen LogP contribution in [-0.2, 0) is 9.47 Å². The van der Waals surface area contributed by atoms with Gasteiger partial charge in [0.15, 0.2) is 0 Å². The van der Waals surface area contributed by atoms with E-state index >= 15 is 0 Å². The standard InChI is InChI=1S/2C14H27NO4/c2*1-3-5-7-15-9-10(15)14(19-8-6-4-2)13(18)12(17)11(9)16/h2*9-14,16-18H,3-8H2,1-2H3/t2*9?,10?,11-,12+,13-,14-,15?/m10/s1. The molecule has 2 aliphatic carbocycles. The van der Waals surface area contributed by atoms with E-state index in [1.165, 1.54) is 0 Å². The monoisotopic (exact) mass is 546 g/mol. The number of hydrogen-bond donors (Lipinski definition) is 6. The number of nitrogens with zero attached hydrogens (tertiary/aromatic N) is 2. The number of aliphatic hydroxyl groups excluding tert-OH is 6. The van der Waals surface area contributed by atoms with Gasteiger partial charge in [-0.2, -0.15) is 0 Å². The van der Waals surface area contributed by atoms with Crippen LogP contribution in [0.3, 0.4) is 0 Å². The maximum absolute atomic E-state index is 10.1. The zero-order chi connectivity index (χ0) is 28.0. The lowest BCUT2D eigenvalue weighted by Gasteiger charge is -2.33. The van der Waals surface area contributed by atoms with Crippen LogP contribution in [0, 0.1) is 0 Å². The molecule has 10 nitrogen and oxygen atoms in total. The van der Waals surface area contributed by atoms with Crippen molar-refractivity contribution in [1.82, 2.24) is 9.80 Å². The van der Waals surface area contributed by atoms with Crippen LogP contribution in [0.2, 0.25) is 0 Å². The van der Waals surface area contributed by atoms with Crippen molar-refractivity contribution < 1.29 is 40.1 Å². The van der Waals surface area contributed by atoms with Gasteiger partial charge in [0.2, 0.25) is 0 Å². The van der Waals surface area contributed by atoms with Crippen molar-refractivity contribution in [2.45, 2.75) is 152 Å². The molecular weight excluding hydrogens is 492 g/mol. The molecule has 0 aromatic carbocycles. The lowest BCUT2D eigenvalue weighted by molar-refractivity contribution is -0.140. The van der Waals surface area contributed by atoms with E-state index in [9.17, 15) is 30.6 Å². The van der Waals surface area contributed by atoms with Crippen molar-refractivity contribution in [1.29, 1.82) is 0 Å². The van der Waals surface area contributed by atoms with E-state index in [0.717, 1.165) is 64.5 Å². The molecule has 2 saturated heterocycles. The Kier molecular flexibility index (Phi) is 12.7. The van der Waals surface area contributed by atoms with Gasteiger partial charge in [-0.25, -0.2) is 0 Å². The van der Waals surface area contributed by atoms with Gasteiger partial charge in [-0.15, -0.1) is 0 Å². The second-order valence-electron chi connectivity index (χ2n) is 11.5. The molecule has 0 aromatic heterocycles. The van der Waals surface area contributed by atoms with E-state index in [-0.39, 0.29) is 36.4 Å². The third-order valence-electron chi connectivity index (χ3n) is 8.65. The van der Waals surface area contributed by atoms with Gasteiger partial charge in [-0.05, 0) is 38.8 Å². The highest BCUT2D eigenvalue weighted by Gasteiger charge is 2.65. The van der Waals surface area contributed by atoms with Gasteiger partial charge in [0.1, 0.15) is 36.6 Å². The molecule has 0 bridgehead atoms. The van der Waals surface area contributed by atoms with Gasteiger partial charge in [-0.1, -0.05) is 53.4 Å². The van der Waals surface area contributed by atoms with Gasteiger partial charge in [0, 0.05) is 13.2 Å². The quantitative estimate of drug-likeness (QED) is 0.132. The SMILES string of the molecule is CCCCO[C@@H]1C2C([C@@H](O)[C@H](O)[C@H]1O)N2CCCC.CCCCO[C@H]1C2C([C@H](O)[C@@H](O)[C@@H]1O)N2CCCC. The van der Waals surface area contributed by atoms with Crippen molar-refractivity contribution in [3.05, 3.63) is 0 Å². The number of fused-ring (bicyclic) bond motifs is 2. The van der Waals surface area contributed by atoms with Gasteiger partial charge in [0.05, 0.1) is 36.4 Å². The van der Waals surface area contributed by atoms with Crippen LogP contribution in [0.1, 0.15) is 79.1 Å². The van der Waals surface area contributed by atoms with Crippen LogP contribution in [0.5, 0.6) is 0 Å². The van der Waals surface area contributed by atoms with Crippen LogP contribution in [-0.4, -0.2) is 140 Å². The molecule has 0 amide bonds. The van der Waals surface area contributed by atoms with Crippen LogP contribution >= 0.6 is 0 Å². The van der Waals surface area contributed by atoms with Crippen LogP contribution in [0.25, 0.3) is 0 Å². The van der Waals surface area contributed by atoms with E-state index in [1.54, 1.807) is 0 Å². The Morgan fingerprint density at radius 3 is 1.11 bits per heavy atom. The van der Waals surface area contributed by atoms with E-state index in [1.807, 2.05) is 0 Å². The van der Waals surface area contributed by atoms with E-state index in [4.69, 9.17) is 9.47 Å².